The van der Waals surface area contributed by atoms with Gasteiger partial charge in [-0.15, -0.1) is 0 Å². The average molecular weight is 453 g/mol. The topological polar surface area (TPSA) is 110 Å². The molecule has 2 rings (SSSR count). The Morgan fingerprint density at radius 3 is 2.59 bits per heavy atom. The molecule has 0 saturated carbocycles. The van der Waals surface area contributed by atoms with Crippen LogP contribution in [0.4, 0.5) is 13.2 Å². The Balaban J connectivity index is 1.93. The second-order valence-electron chi connectivity index (χ2n) is 5.65. The van der Waals surface area contributed by atoms with E-state index in [1.807, 2.05) is 0 Å². The third-order valence-electron chi connectivity index (χ3n) is 3.49. The van der Waals surface area contributed by atoms with E-state index >= 15 is 0 Å². The van der Waals surface area contributed by atoms with E-state index in [-0.39, 0.29) is 17.9 Å². The fourth-order valence-electron chi connectivity index (χ4n) is 2.03. The number of nitrogens with one attached hydrogen (secondary N) is 2. The molecule has 2 heterocycles. The molecule has 2 aromatic heterocycles. The third-order valence-corrected chi connectivity index (χ3v) is 4.91. The molecule has 8 nitrogen and oxygen atoms in total. The van der Waals surface area contributed by atoms with Gasteiger partial charge < -0.3 is 10.1 Å². The molecule has 2 aromatic rings. The van der Waals surface area contributed by atoms with E-state index in [0.29, 0.717) is 16.4 Å². The Hall–Kier alpha value is -2.44. The smallest absolute Gasteiger partial charge is 0.491 e. The van der Waals surface area contributed by atoms with Gasteiger partial charge in [-0.25, -0.2) is 13.1 Å². The maximum Gasteiger partial charge on any atom is 0.511 e. The van der Waals surface area contributed by atoms with Crippen molar-refractivity contribution in [1.29, 1.82) is 0 Å². The lowest BCUT2D eigenvalue weighted by molar-refractivity contribution is -0.0448. The van der Waals surface area contributed by atoms with Crippen LogP contribution in [0.2, 0.25) is 5.02 Å². The first-order valence-electron chi connectivity index (χ1n) is 8.03. The van der Waals surface area contributed by atoms with Gasteiger partial charge in [0.25, 0.3) is 5.91 Å². The molecule has 0 aromatic carbocycles. The van der Waals surface area contributed by atoms with Crippen LogP contribution in [0.5, 0.6) is 5.75 Å². The minimum absolute atomic E-state index is 0.0941. The van der Waals surface area contributed by atoms with Crippen molar-refractivity contribution < 1.29 is 31.1 Å². The van der Waals surface area contributed by atoms with Crippen molar-refractivity contribution in [3.05, 3.63) is 52.6 Å². The van der Waals surface area contributed by atoms with Gasteiger partial charge in [0.15, 0.2) is 0 Å². The summed E-state index contributed by atoms with van der Waals surface area (Å²) in [4.78, 5) is 20.4. The molecule has 0 aliphatic carbocycles. The summed E-state index contributed by atoms with van der Waals surface area (Å²) in [5.74, 6) is -0.369. The van der Waals surface area contributed by atoms with Crippen LogP contribution in [0.3, 0.4) is 0 Å². The Morgan fingerprint density at radius 2 is 1.97 bits per heavy atom. The summed E-state index contributed by atoms with van der Waals surface area (Å²) in [6, 6.07) is 4.63. The Morgan fingerprint density at radius 1 is 1.24 bits per heavy atom. The molecule has 13 heteroatoms. The first-order chi connectivity index (χ1) is 13.5. The van der Waals surface area contributed by atoms with Crippen LogP contribution < -0.4 is 14.8 Å². The van der Waals surface area contributed by atoms with E-state index in [9.17, 15) is 26.4 Å². The standard InChI is InChI=1S/C16H16ClF3N4O4S/c1-10-14(15(25)23-8-12-3-2-11(17)7-22-12)6-13(9-21-10)28-5-4-24-29(26,27)16(18,19)20/h2-3,6-7,9,24H,4-5,8H2,1H3,(H,23,25). The van der Waals surface area contributed by atoms with Crippen molar-refractivity contribution in [1.82, 2.24) is 20.0 Å². The monoisotopic (exact) mass is 452 g/mol. The number of carbonyl (C=O) groups is 1. The molecule has 1 amide bonds. The molecule has 0 unspecified atom stereocenters. The number of rotatable bonds is 8. The number of nitrogens with zero attached hydrogens (tertiary/aromatic N) is 2. The number of alkyl halides is 3. The fraction of sp³-hybridized carbons (Fsp3) is 0.312. The van der Waals surface area contributed by atoms with Gasteiger partial charge >= 0.3 is 15.5 Å². The molecule has 0 atom stereocenters. The highest BCUT2D eigenvalue weighted by Crippen LogP contribution is 2.21. The summed E-state index contributed by atoms with van der Waals surface area (Å²) < 4.78 is 65.0. The van der Waals surface area contributed by atoms with Crippen LogP contribution in [0.25, 0.3) is 0 Å². The normalized spacial score (nSPS) is 11.9. The van der Waals surface area contributed by atoms with Gasteiger partial charge in [-0.1, -0.05) is 11.6 Å². The summed E-state index contributed by atoms with van der Waals surface area (Å²) in [6.45, 7) is 0.728. The van der Waals surface area contributed by atoms with Crippen molar-refractivity contribution in [3.63, 3.8) is 0 Å². The number of aryl methyl sites for hydroxylation is 1. The average Bonchev–Trinajstić information content (AvgIpc) is 2.65. The number of hydrogen-bond donors (Lipinski definition) is 2. The van der Waals surface area contributed by atoms with Gasteiger partial charge in [-0.2, -0.15) is 13.2 Å². The lowest BCUT2D eigenvalue weighted by atomic mass is 10.2. The minimum atomic E-state index is -5.44. The zero-order valence-corrected chi connectivity index (χ0v) is 16.5. The number of aromatic nitrogens is 2. The molecule has 158 valence electrons. The Kier molecular flexibility index (Phi) is 7.38. The van der Waals surface area contributed by atoms with Gasteiger partial charge in [-0.05, 0) is 25.1 Å². The largest absolute Gasteiger partial charge is 0.511 e. The third kappa shape index (κ3) is 6.54. The van der Waals surface area contributed by atoms with E-state index in [1.165, 1.54) is 23.2 Å². The van der Waals surface area contributed by atoms with E-state index < -0.39 is 34.6 Å². The number of halogens is 4. The van der Waals surface area contributed by atoms with Gasteiger partial charge in [0, 0.05) is 12.7 Å². The highest BCUT2D eigenvalue weighted by Gasteiger charge is 2.45. The second kappa shape index (κ2) is 9.37. The number of carbonyl (C=O) groups excluding carboxylic acids is 1. The predicted octanol–water partition coefficient (Wildman–Crippen LogP) is 2.19. The van der Waals surface area contributed by atoms with Gasteiger partial charge in [0.1, 0.15) is 12.4 Å². The zero-order chi connectivity index (χ0) is 21.7. The lowest BCUT2D eigenvalue weighted by Gasteiger charge is -2.12. The summed E-state index contributed by atoms with van der Waals surface area (Å²) in [6.07, 6.45) is 2.71. The number of sulfonamides is 1. The zero-order valence-electron chi connectivity index (χ0n) is 15.0. The van der Waals surface area contributed by atoms with Crippen LogP contribution >= 0.6 is 11.6 Å². The molecule has 29 heavy (non-hydrogen) atoms. The van der Waals surface area contributed by atoms with Crippen LogP contribution in [-0.4, -0.2) is 43.0 Å². The molecule has 0 radical (unpaired) electrons. The molecular formula is C16H16ClF3N4O4S. The molecule has 0 saturated heterocycles. The molecule has 2 N–H and O–H groups in total. The SMILES string of the molecule is Cc1ncc(OCCNS(=O)(=O)C(F)(F)F)cc1C(=O)NCc1ccc(Cl)cn1. The lowest BCUT2D eigenvalue weighted by Crippen LogP contribution is -2.38. The van der Waals surface area contributed by atoms with Crippen LogP contribution in [0.1, 0.15) is 21.7 Å². The van der Waals surface area contributed by atoms with Gasteiger partial charge in [-0.3, -0.25) is 14.8 Å². The Bertz CT molecular complexity index is 969. The maximum absolute atomic E-state index is 12.4. The molecule has 0 fully saturated rings. The molecule has 0 aliphatic heterocycles. The number of hydrogen-bond acceptors (Lipinski definition) is 6. The van der Waals surface area contributed by atoms with Crippen LogP contribution in [0, 0.1) is 6.92 Å². The van der Waals surface area contributed by atoms with Crippen LogP contribution in [0.15, 0.2) is 30.6 Å². The predicted molar refractivity (Wildman–Crippen MR) is 97.9 cm³/mol. The summed E-state index contributed by atoms with van der Waals surface area (Å²) in [5, 5.41) is 3.11. The fourth-order valence-corrected chi connectivity index (χ4v) is 2.65. The molecular weight excluding hydrogens is 437 g/mol. The van der Waals surface area contributed by atoms with Crippen molar-refractivity contribution in [2.75, 3.05) is 13.2 Å². The number of pyridine rings is 2. The molecule has 0 aliphatic rings. The molecule has 0 spiro atoms. The Labute approximate surface area is 169 Å². The van der Waals surface area contributed by atoms with Crippen molar-refractivity contribution in [2.45, 2.75) is 19.0 Å². The van der Waals surface area contributed by atoms with E-state index in [4.69, 9.17) is 16.3 Å². The highest BCUT2D eigenvalue weighted by atomic mass is 35.5. The highest BCUT2D eigenvalue weighted by molar-refractivity contribution is 7.90. The summed E-state index contributed by atoms with van der Waals surface area (Å²) in [5.41, 5.74) is -4.23. The number of ether oxygens (including phenoxy) is 1. The second-order valence-corrected chi connectivity index (χ2v) is 7.84. The van der Waals surface area contributed by atoms with E-state index in [0.717, 1.165) is 0 Å². The first kappa shape index (κ1) is 22.8. The van der Waals surface area contributed by atoms with Crippen molar-refractivity contribution in [2.24, 2.45) is 0 Å². The maximum atomic E-state index is 12.4. The van der Waals surface area contributed by atoms with Crippen molar-refractivity contribution >= 4 is 27.5 Å². The van der Waals surface area contributed by atoms with Crippen LogP contribution in [-0.2, 0) is 16.6 Å². The minimum Gasteiger partial charge on any atom is -0.491 e. The molecule has 0 bridgehead atoms. The van der Waals surface area contributed by atoms with Crippen molar-refractivity contribution in [3.8, 4) is 5.75 Å². The summed E-state index contributed by atoms with van der Waals surface area (Å²) >= 11 is 5.74. The number of amides is 1. The van der Waals surface area contributed by atoms with Gasteiger partial charge in [0.2, 0.25) is 0 Å². The first-order valence-corrected chi connectivity index (χ1v) is 9.90. The summed E-state index contributed by atoms with van der Waals surface area (Å²) in [7, 11) is -5.44. The van der Waals surface area contributed by atoms with E-state index in [2.05, 4.69) is 15.3 Å². The quantitative estimate of drug-likeness (QED) is 0.594. The van der Waals surface area contributed by atoms with E-state index in [1.54, 1.807) is 19.1 Å². The van der Waals surface area contributed by atoms with Gasteiger partial charge in [0.05, 0.1) is 34.7 Å².